The molecule has 1 heterocycles. The molecule has 2 rings (SSSR count). The van der Waals surface area contributed by atoms with Crippen LogP contribution in [0, 0.1) is 11.8 Å². The Morgan fingerprint density at radius 2 is 2.11 bits per heavy atom. The quantitative estimate of drug-likeness (QED) is 0.756. The highest BCUT2D eigenvalue weighted by atomic mass is 32.1. The molecule has 1 nitrogen and oxygen atoms in total. The predicted molar refractivity (Wildman–Crippen MR) is 83.8 cm³/mol. The Kier molecular flexibility index (Phi) is 8.13. The summed E-state index contributed by atoms with van der Waals surface area (Å²) >= 11 is 1.57. The van der Waals surface area contributed by atoms with E-state index in [9.17, 15) is 0 Å². The van der Waals surface area contributed by atoms with Crippen molar-refractivity contribution >= 4 is 11.3 Å². The van der Waals surface area contributed by atoms with Crippen LogP contribution in [0.3, 0.4) is 0 Å². The van der Waals surface area contributed by atoms with Gasteiger partial charge < -0.3 is 5.11 Å². The molecule has 98 valence electrons. The molecule has 1 aliphatic carbocycles. The number of rotatable bonds is 1. The fourth-order valence-corrected chi connectivity index (χ4v) is 1.78. The number of allylic oxidation sites excluding steroid dienone is 8. The third-order valence-corrected chi connectivity index (χ3v) is 3.05. The van der Waals surface area contributed by atoms with Crippen molar-refractivity contribution in [3.05, 3.63) is 70.5 Å². The molecule has 1 aromatic rings. The highest BCUT2D eigenvalue weighted by molar-refractivity contribution is 7.09. The van der Waals surface area contributed by atoms with Gasteiger partial charge in [0, 0.05) is 11.3 Å². The van der Waals surface area contributed by atoms with Gasteiger partial charge in [-0.15, -0.1) is 11.3 Å². The van der Waals surface area contributed by atoms with E-state index < -0.39 is 0 Å². The summed E-state index contributed by atoms with van der Waals surface area (Å²) < 4.78 is 0. The first kappa shape index (κ1) is 15.2. The Labute approximate surface area is 119 Å². The molecule has 0 unspecified atom stereocenters. The van der Waals surface area contributed by atoms with Crippen LogP contribution in [-0.2, 0) is 6.61 Å². The Morgan fingerprint density at radius 3 is 2.79 bits per heavy atom. The van der Waals surface area contributed by atoms with E-state index >= 15 is 0 Å². The highest BCUT2D eigenvalue weighted by Gasteiger charge is 1.84. The maximum atomic E-state index is 8.44. The Hall–Kier alpha value is -1.82. The minimum atomic E-state index is 0.178. The maximum Gasteiger partial charge on any atom is 0.0774 e. The van der Waals surface area contributed by atoms with Gasteiger partial charge in [-0.2, -0.15) is 0 Å². The summed E-state index contributed by atoms with van der Waals surface area (Å²) in [6.07, 6.45) is 14.9. The molecule has 0 fully saturated rings. The summed E-state index contributed by atoms with van der Waals surface area (Å²) in [7, 11) is 0. The number of hydrogen-bond donors (Lipinski definition) is 1. The first-order chi connectivity index (χ1) is 9.33. The molecular weight excluding hydrogens is 252 g/mol. The molecule has 0 amide bonds. The number of hydrogen-bond acceptors (Lipinski definition) is 2. The Bertz CT molecular complexity index is 519. The first-order valence-corrected chi connectivity index (χ1v) is 6.99. The maximum absolute atomic E-state index is 8.44. The van der Waals surface area contributed by atoms with E-state index in [2.05, 4.69) is 11.8 Å². The molecule has 0 spiro atoms. The van der Waals surface area contributed by atoms with E-state index in [4.69, 9.17) is 5.11 Å². The van der Waals surface area contributed by atoms with E-state index in [1.165, 1.54) is 5.57 Å². The lowest BCUT2D eigenvalue weighted by atomic mass is 10.2. The van der Waals surface area contributed by atoms with E-state index in [1.807, 2.05) is 67.0 Å². The van der Waals surface area contributed by atoms with Gasteiger partial charge in [-0.3, -0.25) is 0 Å². The SMILES string of the molecule is CC1=C\C#CC/C=C/C=C/C=C\1.OCc1cccs1. The second-order valence-electron chi connectivity index (χ2n) is 3.82. The molecule has 0 atom stereocenters. The van der Waals surface area contributed by atoms with Crippen LogP contribution >= 0.6 is 11.3 Å². The van der Waals surface area contributed by atoms with Crippen LogP contribution in [0.5, 0.6) is 0 Å². The van der Waals surface area contributed by atoms with Crippen molar-refractivity contribution in [2.75, 3.05) is 0 Å². The van der Waals surface area contributed by atoms with E-state index in [0.717, 1.165) is 11.3 Å². The summed E-state index contributed by atoms with van der Waals surface area (Å²) in [4.78, 5) is 1.03. The van der Waals surface area contributed by atoms with Crippen molar-refractivity contribution in [3.63, 3.8) is 0 Å². The average molecular weight is 270 g/mol. The molecule has 0 aromatic carbocycles. The Morgan fingerprint density at radius 1 is 1.26 bits per heavy atom. The van der Waals surface area contributed by atoms with Crippen molar-refractivity contribution in [1.29, 1.82) is 0 Å². The van der Waals surface area contributed by atoms with Crippen LogP contribution in [0.25, 0.3) is 0 Å². The molecule has 0 saturated carbocycles. The summed E-state index contributed by atoms with van der Waals surface area (Å²) in [6.45, 7) is 2.22. The van der Waals surface area contributed by atoms with Gasteiger partial charge in [0.25, 0.3) is 0 Å². The summed E-state index contributed by atoms with van der Waals surface area (Å²) in [5, 5.41) is 10.4. The minimum Gasteiger partial charge on any atom is -0.391 e. The van der Waals surface area contributed by atoms with Crippen LogP contribution in [0.1, 0.15) is 18.2 Å². The summed E-state index contributed by atoms with van der Waals surface area (Å²) in [5.41, 5.74) is 1.19. The van der Waals surface area contributed by atoms with Crippen molar-refractivity contribution < 1.29 is 5.11 Å². The zero-order valence-corrected chi connectivity index (χ0v) is 11.9. The lowest BCUT2D eigenvalue weighted by molar-refractivity contribution is 0.285. The molecule has 1 aliphatic rings. The fraction of sp³-hybridized carbons (Fsp3) is 0.176. The van der Waals surface area contributed by atoms with Crippen LogP contribution in [-0.4, -0.2) is 5.11 Å². The standard InChI is InChI=1S/C12H12.C5H6OS/c1-12-10-8-6-4-2-3-5-7-9-11-12;6-4-5-2-1-3-7-5/h2-4,6,8,10-11H,5H2,1H3;1-3,6H,4H2/b3-2+,6-4+,10-8-,12-11+;. The van der Waals surface area contributed by atoms with E-state index in [0.29, 0.717) is 0 Å². The Balaban J connectivity index is 0.000000218. The molecular formula is C17H18OS. The normalized spacial score (nSPS) is 21.3. The zero-order valence-electron chi connectivity index (χ0n) is 11.0. The molecule has 0 saturated heterocycles. The average Bonchev–Trinajstić information content (AvgIpc) is 2.93. The zero-order chi connectivity index (χ0) is 13.8. The van der Waals surface area contributed by atoms with Crippen molar-refractivity contribution in [2.24, 2.45) is 0 Å². The predicted octanol–water partition coefficient (Wildman–Crippen LogP) is 4.25. The second-order valence-corrected chi connectivity index (χ2v) is 4.86. The van der Waals surface area contributed by atoms with Gasteiger partial charge in [-0.25, -0.2) is 0 Å². The molecule has 19 heavy (non-hydrogen) atoms. The molecule has 0 bridgehead atoms. The van der Waals surface area contributed by atoms with Crippen molar-refractivity contribution in [2.45, 2.75) is 20.0 Å². The third kappa shape index (κ3) is 7.99. The monoisotopic (exact) mass is 270 g/mol. The second kappa shape index (κ2) is 10.1. The molecule has 1 N–H and O–H groups in total. The van der Waals surface area contributed by atoms with Crippen molar-refractivity contribution in [3.8, 4) is 11.8 Å². The van der Waals surface area contributed by atoms with Crippen LogP contribution in [0.4, 0.5) is 0 Å². The largest absolute Gasteiger partial charge is 0.391 e. The van der Waals surface area contributed by atoms with Gasteiger partial charge in [0.2, 0.25) is 0 Å². The smallest absolute Gasteiger partial charge is 0.0774 e. The fourth-order valence-electron chi connectivity index (χ4n) is 1.22. The van der Waals surface area contributed by atoms with Gasteiger partial charge >= 0.3 is 0 Å². The van der Waals surface area contributed by atoms with Gasteiger partial charge in [0.15, 0.2) is 0 Å². The molecule has 0 radical (unpaired) electrons. The topological polar surface area (TPSA) is 20.2 Å². The van der Waals surface area contributed by atoms with Crippen LogP contribution in [0.15, 0.2) is 65.6 Å². The van der Waals surface area contributed by atoms with Gasteiger partial charge in [0.1, 0.15) is 0 Å². The van der Waals surface area contributed by atoms with Gasteiger partial charge in [-0.05, 0) is 30.0 Å². The molecule has 0 aliphatic heterocycles. The molecule has 2 heteroatoms. The van der Waals surface area contributed by atoms with Gasteiger partial charge in [0.05, 0.1) is 6.61 Å². The van der Waals surface area contributed by atoms with E-state index in [1.54, 1.807) is 11.3 Å². The lowest BCUT2D eigenvalue weighted by Crippen LogP contribution is -1.69. The lowest BCUT2D eigenvalue weighted by Gasteiger charge is -1.82. The van der Waals surface area contributed by atoms with Crippen LogP contribution in [0.2, 0.25) is 0 Å². The first-order valence-electron chi connectivity index (χ1n) is 6.11. The third-order valence-electron chi connectivity index (χ3n) is 2.19. The number of aliphatic hydroxyl groups is 1. The van der Waals surface area contributed by atoms with Gasteiger partial charge in [-0.1, -0.05) is 54.4 Å². The minimum absolute atomic E-state index is 0.178. The van der Waals surface area contributed by atoms with E-state index in [-0.39, 0.29) is 6.61 Å². The van der Waals surface area contributed by atoms with Crippen LogP contribution < -0.4 is 0 Å². The summed E-state index contributed by atoms with van der Waals surface area (Å²) in [6, 6.07) is 3.83. The molecule has 1 aromatic heterocycles. The summed E-state index contributed by atoms with van der Waals surface area (Å²) in [5.74, 6) is 6.02. The number of thiophene rings is 1. The highest BCUT2D eigenvalue weighted by Crippen LogP contribution is 2.06. The van der Waals surface area contributed by atoms with Crippen molar-refractivity contribution in [1.82, 2.24) is 0 Å². The number of aliphatic hydroxyl groups excluding tert-OH is 1.